The quantitative estimate of drug-likeness (QED) is 0.554. The molecule has 0 amide bonds. The van der Waals surface area contributed by atoms with Crippen LogP contribution in [0.25, 0.3) is 0 Å². The third kappa shape index (κ3) is 3.67. The number of anilines is 1. The lowest BCUT2D eigenvalue weighted by molar-refractivity contribution is 0.290. The fourth-order valence-electron chi connectivity index (χ4n) is 3.10. The predicted molar refractivity (Wildman–Crippen MR) is 85.3 cm³/mol. The van der Waals surface area contributed by atoms with Gasteiger partial charge in [-0.05, 0) is 25.0 Å². The van der Waals surface area contributed by atoms with Crippen molar-refractivity contribution in [1.29, 1.82) is 5.41 Å². The number of hydrogen-bond acceptors (Lipinski definition) is 4. The lowest BCUT2D eigenvalue weighted by Gasteiger charge is -2.37. The number of aliphatic hydroxyl groups is 1. The average molecular weight is 291 g/mol. The maximum absolute atomic E-state index is 9.43. The monoisotopic (exact) mass is 291 g/mol. The highest BCUT2D eigenvalue weighted by Crippen LogP contribution is 2.32. The molecule has 0 aliphatic heterocycles. The largest absolute Gasteiger partial charge is 0.497 e. The molecule has 2 rings (SSSR count). The molecule has 0 spiro atoms. The first-order valence-electron chi connectivity index (χ1n) is 7.57. The van der Waals surface area contributed by atoms with Crippen LogP contribution in [-0.2, 0) is 0 Å². The van der Waals surface area contributed by atoms with E-state index in [-0.39, 0.29) is 12.4 Å². The molecule has 1 aromatic rings. The van der Waals surface area contributed by atoms with Gasteiger partial charge in [-0.2, -0.15) is 0 Å². The molecular formula is C16H25N3O2. The first-order chi connectivity index (χ1) is 10.2. The van der Waals surface area contributed by atoms with E-state index in [2.05, 4.69) is 4.90 Å². The van der Waals surface area contributed by atoms with Crippen LogP contribution in [0.15, 0.2) is 18.2 Å². The van der Waals surface area contributed by atoms with Crippen LogP contribution in [0.1, 0.15) is 37.7 Å². The smallest absolute Gasteiger partial charge is 0.124 e. The average Bonchev–Trinajstić information content (AvgIpc) is 2.52. The number of nitrogen functional groups attached to an aromatic ring is 1. The van der Waals surface area contributed by atoms with Crippen molar-refractivity contribution in [1.82, 2.24) is 0 Å². The fourth-order valence-corrected chi connectivity index (χ4v) is 3.10. The van der Waals surface area contributed by atoms with Crippen LogP contribution in [-0.4, -0.2) is 37.2 Å². The van der Waals surface area contributed by atoms with Crippen LogP contribution < -0.4 is 15.4 Å². The minimum atomic E-state index is 0.0476. The lowest BCUT2D eigenvalue weighted by atomic mass is 9.93. The van der Waals surface area contributed by atoms with E-state index in [1.807, 2.05) is 18.2 Å². The Hall–Kier alpha value is -1.75. The van der Waals surface area contributed by atoms with E-state index < -0.39 is 0 Å². The number of aliphatic hydroxyl groups excluding tert-OH is 1. The molecule has 1 aliphatic rings. The summed E-state index contributed by atoms with van der Waals surface area (Å²) in [7, 11) is 1.63. The molecule has 0 heterocycles. The molecule has 5 nitrogen and oxygen atoms in total. The van der Waals surface area contributed by atoms with Gasteiger partial charge in [0.2, 0.25) is 0 Å². The van der Waals surface area contributed by atoms with Crippen LogP contribution >= 0.6 is 0 Å². The van der Waals surface area contributed by atoms with Gasteiger partial charge < -0.3 is 20.5 Å². The van der Waals surface area contributed by atoms with Gasteiger partial charge in [-0.1, -0.05) is 19.3 Å². The second kappa shape index (κ2) is 7.31. The van der Waals surface area contributed by atoms with Crippen LogP contribution in [0.5, 0.6) is 5.75 Å². The van der Waals surface area contributed by atoms with E-state index in [1.54, 1.807) is 7.11 Å². The summed E-state index contributed by atoms with van der Waals surface area (Å²) in [5, 5.41) is 17.2. The minimum absolute atomic E-state index is 0.0476. The molecule has 0 radical (unpaired) electrons. The highest BCUT2D eigenvalue weighted by atomic mass is 16.5. The van der Waals surface area contributed by atoms with E-state index in [0.29, 0.717) is 18.2 Å². The highest BCUT2D eigenvalue weighted by molar-refractivity contribution is 6.00. The Balaban J connectivity index is 2.39. The van der Waals surface area contributed by atoms with Crippen molar-refractivity contribution >= 4 is 11.5 Å². The Bertz CT molecular complexity index is 484. The molecule has 1 fully saturated rings. The van der Waals surface area contributed by atoms with Crippen LogP contribution in [0.4, 0.5) is 5.69 Å². The second-order valence-corrected chi connectivity index (χ2v) is 5.51. The number of methoxy groups -OCH3 is 1. The van der Waals surface area contributed by atoms with Gasteiger partial charge in [-0.25, -0.2) is 0 Å². The maximum Gasteiger partial charge on any atom is 0.124 e. The molecule has 1 saturated carbocycles. The predicted octanol–water partition coefficient (Wildman–Crippen LogP) is 2.11. The van der Waals surface area contributed by atoms with E-state index in [4.69, 9.17) is 15.9 Å². The van der Waals surface area contributed by atoms with Crippen LogP contribution in [0.3, 0.4) is 0 Å². The van der Waals surface area contributed by atoms with E-state index in [1.165, 1.54) is 19.3 Å². The van der Waals surface area contributed by atoms with Crippen molar-refractivity contribution in [2.45, 2.75) is 38.1 Å². The van der Waals surface area contributed by atoms with Gasteiger partial charge >= 0.3 is 0 Å². The molecule has 21 heavy (non-hydrogen) atoms. The third-order valence-electron chi connectivity index (χ3n) is 4.16. The Labute approximate surface area is 126 Å². The summed E-state index contributed by atoms with van der Waals surface area (Å²) in [6.07, 6.45) is 5.95. The van der Waals surface area contributed by atoms with Crippen molar-refractivity contribution in [3.63, 3.8) is 0 Å². The van der Waals surface area contributed by atoms with E-state index >= 15 is 0 Å². The number of benzene rings is 1. The number of rotatable bonds is 6. The summed E-state index contributed by atoms with van der Waals surface area (Å²) >= 11 is 0. The van der Waals surface area contributed by atoms with Gasteiger partial charge in [0.1, 0.15) is 11.6 Å². The molecule has 4 N–H and O–H groups in total. The minimum Gasteiger partial charge on any atom is -0.497 e. The number of amidine groups is 1. The molecule has 0 aromatic heterocycles. The van der Waals surface area contributed by atoms with Gasteiger partial charge in [-0.3, -0.25) is 5.41 Å². The van der Waals surface area contributed by atoms with Crippen molar-refractivity contribution in [3.8, 4) is 5.75 Å². The zero-order chi connectivity index (χ0) is 15.2. The number of nitrogens with zero attached hydrogens (tertiary/aromatic N) is 1. The number of hydrogen-bond donors (Lipinski definition) is 3. The Morgan fingerprint density at radius 3 is 2.67 bits per heavy atom. The lowest BCUT2D eigenvalue weighted by Crippen LogP contribution is -2.40. The van der Waals surface area contributed by atoms with Crippen molar-refractivity contribution in [3.05, 3.63) is 23.8 Å². The van der Waals surface area contributed by atoms with Crippen molar-refractivity contribution in [2.24, 2.45) is 5.73 Å². The van der Waals surface area contributed by atoms with Crippen LogP contribution in [0, 0.1) is 5.41 Å². The number of ether oxygens (including phenoxy) is 1. The molecule has 0 atom stereocenters. The van der Waals surface area contributed by atoms with Gasteiger partial charge in [0.05, 0.1) is 19.4 Å². The molecule has 1 aliphatic carbocycles. The summed E-state index contributed by atoms with van der Waals surface area (Å²) in [5.74, 6) is 0.792. The molecule has 5 heteroatoms. The van der Waals surface area contributed by atoms with Crippen molar-refractivity contribution in [2.75, 3.05) is 25.2 Å². The van der Waals surface area contributed by atoms with Crippen LogP contribution in [0.2, 0.25) is 0 Å². The summed E-state index contributed by atoms with van der Waals surface area (Å²) in [4.78, 5) is 2.19. The van der Waals surface area contributed by atoms with Gasteiger partial charge in [0, 0.05) is 24.2 Å². The zero-order valence-electron chi connectivity index (χ0n) is 12.6. The highest BCUT2D eigenvalue weighted by Gasteiger charge is 2.24. The summed E-state index contributed by atoms with van der Waals surface area (Å²) in [5.41, 5.74) is 7.32. The Morgan fingerprint density at radius 2 is 2.10 bits per heavy atom. The Kier molecular flexibility index (Phi) is 5.44. The normalized spacial score (nSPS) is 15.7. The van der Waals surface area contributed by atoms with Gasteiger partial charge in [0.15, 0.2) is 0 Å². The third-order valence-corrected chi connectivity index (χ3v) is 4.16. The maximum atomic E-state index is 9.43. The van der Waals surface area contributed by atoms with E-state index in [0.717, 1.165) is 24.3 Å². The fraction of sp³-hybridized carbons (Fsp3) is 0.562. The molecule has 0 bridgehead atoms. The summed E-state index contributed by atoms with van der Waals surface area (Å²) < 4.78 is 5.30. The Morgan fingerprint density at radius 1 is 1.38 bits per heavy atom. The van der Waals surface area contributed by atoms with Gasteiger partial charge in [-0.15, -0.1) is 0 Å². The summed E-state index contributed by atoms with van der Waals surface area (Å²) in [6.45, 7) is 0.642. The molecule has 1 aromatic carbocycles. The second-order valence-electron chi connectivity index (χ2n) is 5.51. The number of nitrogens with two attached hydrogens (primary N) is 1. The van der Waals surface area contributed by atoms with E-state index in [9.17, 15) is 5.11 Å². The molecule has 116 valence electrons. The van der Waals surface area contributed by atoms with Gasteiger partial charge in [0.25, 0.3) is 0 Å². The molecule has 0 saturated heterocycles. The first-order valence-corrected chi connectivity index (χ1v) is 7.57. The first kappa shape index (κ1) is 15.6. The molecular weight excluding hydrogens is 266 g/mol. The summed E-state index contributed by atoms with van der Waals surface area (Å²) in [6, 6.07) is 5.96. The number of nitrogens with one attached hydrogen (secondary N) is 1. The topological polar surface area (TPSA) is 82.6 Å². The SMILES string of the molecule is COc1ccc(C(=N)N)c(N(CCO)C2CCCCC2)c1. The standard InChI is InChI=1S/C16H25N3O2/c1-21-13-7-8-14(16(17)18)15(11-13)19(9-10-20)12-5-3-2-4-6-12/h7-8,11-12,20H,2-6,9-10H2,1H3,(H3,17,18). The molecule has 0 unspecified atom stereocenters. The zero-order valence-corrected chi connectivity index (χ0v) is 12.6. The van der Waals surface area contributed by atoms with Crippen molar-refractivity contribution < 1.29 is 9.84 Å².